The number of unbranched alkanes of at least 4 members (excludes halogenated alkanes) is 10. The van der Waals surface area contributed by atoms with Crippen molar-refractivity contribution in [3.63, 3.8) is 0 Å². The molecule has 0 amide bonds. The van der Waals surface area contributed by atoms with Crippen LogP contribution in [0.4, 0.5) is 0 Å². The molecule has 0 spiro atoms. The summed E-state index contributed by atoms with van der Waals surface area (Å²) in [5, 5.41) is 0. The van der Waals surface area contributed by atoms with Gasteiger partial charge in [-0.15, -0.1) is 0 Å². The minimum atomic E-state index is -0.443. The van der Waals surface area contributed by atoms with Crippen molar-refractivity contribution < 1.29 is 19.1 Å². The summed E-state index contributed by atoms with van der Waals surface area (Å²) in [5.41, 5.74) is 1.49. The molecule has 4 nitrogen and oxygen atoms in total. The fraction of sp³-hybridized carbons (Fsp3) is 0.724. The number of carbonyl (C=O) groups excluding carboxylic acids is 2. The van der Waals surface area contributed by atoms with Crippen LogP contribution in [0.1, 0.15) is 138 Å². The van der Waals surface area contributed by atoms with E-state index in [0.717, 1.165) is 37.7 Å². The van der Waals surface area contributed by atoms with E-state index in [9.17, 15) is 9.59 Å². The quantitative estimate of drug-likeness (QED) is 0.173. The summed E-state index contributed by atoms with van der Waals surface area (Å²) < 4.78 is 11.2. The van der Waals surface area contributed by atoms with Crippen molar-refractivity contribution in [2.45, 2.75) is 118 Å². The molecule has 0 saturated heterocycles. The Kier molecular flexibility index (Phi) is 14.8. The molecule has 0 aromatic heterocycles. The average Bonchev–Trinajstić information content (AvgIpc) is 2.78. The first-order chi connectivity index (χ1) is 15.8. The third-order valence-electron chi connectivity index (χ3n) is 5.74. The third-order valence-corrected chi connectivity index (χ3v) is 5.74. The summed E-state index contributed by atoms with van der Waals surface area (Å²) in [6.07, 6.45) is 14.7. The molecule has 4 heteroatoms. The monoisotopic (exact) mass is 460 g/mol. The molecule has 0 unspecified atom stereocenters. The molecule has 1 rings (SSSR count). The highest BCUT2D eigenvalue weighted by atomic mass is 16.5. The minimum absolute atomic E-state index is 0.135. The van der Waals surface area contributed by atoms with E-state index < -0.39 is 11.9 Å². The molecule has 0 saturated carbocycles. The zero-order valence-electron chi connectivity index (χ0n) is 22.0. The van der Waals surface area contributed by atoms with Crippen LogP contribution in [0, 0.1) is 5.41 Å². The summed E-state index contributed by atoms with van der Waals surface area (Å²) >= 11 is 0. The van der Waals surface area contributed by atoms with Gasteiger partial charge in [0.05, 0.1) is 24.3 Å². The maximum atomic E-state index is 13.1. The molecule has 0 heterocycles. The van der Waals surface area contributed by atoms with Gasteiger partial charge in [-0.1, -0.05) is 111 Å². The lowest BCUT2D eigenvalue weighted by Gasteiger charge is -2.19. The van der Waals surface area contributed by atoms with E-state index in [1.807, 2.05) is 32.9 Å². The Morgan fingerprint density at radius 2 is 1.30 bits per heavy atom. The molecule has 0 bridgehead atoms. The molecule has 0 aliphatic heterocycles. The van der Waals surface area contributed by atoms with Crippen LogP contribution in [-0.2, 0) is 15.9 Å². The Labute approximate surface area is 202 Å². The molecular formula is C29H48O4. The van der Waals surface area contributed by atoms with Crippen LogP contribution in [0.5, 0.6) is 0 Å². The SMILES string of the molecule is CCCCCCCCOC(=O)c1c(CCCCCCCC)cccc1C(=O)OCC(C)(C)C. The largest absolute Gasteiger partial charge is 0.462 e. The van der Waals surface area contributed by atoms with E-state index in [2.05, 4.69) is 13.8 Å². The Bertz CT molecular complexity index is 687. The average molecular weight is 461 g/mol. The minimum Gasteiger partial charge on any atom is -0.462 e. The van der Waals surface area contributed by atoms with Gasteiger partial charge in [-0.05, 0) is 36.3 Å². The number of hydrogen-bond acceptors (Lipinski definition) is 4. The summed E-state index contributed by atoms with van der Waals surface area (Å²) in [4.78, 5) is 25.9. The number of ether oxygens (including phenoxy) is 2. The third kappa shape index (κ3) is 12.8. The predicted octanol–water partition coefficient (Wildman–Crippen LogP) is 8.31. The van der Waals surface area contributed by atoms with Gasteiger partial charge >= 0.3 is 11.9 Å². The van der Waals surface area contributed by atoms with Crippen LogP contribution >= 0.6 is 0 Å². The Morgan fingerprint density at radius 3 is 1.91 bits per heavy atom. The molecule has 0 aliphatic carbocycles. The first kappa shape index (κ1) is 29.2. The van der Waals surface area contributed by atoms with Gasteiger partial charge < -0.3 is 9.47 Å². The van der Waals surface area contributed by atoms with Gasteiger partial charge in [0.25, 0.3) is 0 Å². The van der Waals surface area contributed by atoms with E-state index in [0.29, 0.717) is 24.3 Å². The second kappa shape index (κ2) is 16.7. The molecule has 33 heavy (non-hydrogen) atoms. The Morgan fingerprint density at radius 1 is 0.727 bits per heavy atom. The first-order valence-electron chi connectivity index (χ1n) is 13.3. The van der Waals surface area contributed by atoms with Crippen LogP contribution < -0.4 is 0 Å². The molecule has 0 fully saturated rings. The number of carbonyl (C=O) groups is 2. The van der Waals surface area contributed by atoms with Gasteiger partial charge in [0, 0.05) is 0 Å². The number of aryl methyl sites for hydroxylation is 1. The lowest BCUT2D eigenvalue weighted by Crippen LogP contribution is -2.21. The lowest BCUT2D eigenvalue weighted by atomic mass is 9.95. The van der Waals surface area contributed by atoms with Crippen LogP contribution in [0.25, 0.3) is 0 Å². The van der Waals surface area contributed by atoms with Gasteiger partial charge in [0.15, 0.2) is 0 Å². The van der Waals surface area contributed by atoms with Gasteiger partial charge in [0.1, 0.15) is 0 Å². The molecule has 188 valence electrons. The molecule has 0 radical (unpaired) electrons. The number of hydrogen-bond donors (Lipinski definition) is 0. The van der Waals surface area contributed by atoms with Crippen molar-refractivity contribution in [3.8, 4) is 0 Å². The van der Waals surface area contributed by atoms with Crippen molar-refractivity contribution in [1.29, 1.82) is 0 Å². The van der Waals surface area contributed by atoms with Gasteiger partial charge in [-0.25, -0.2) is 9.59 Å². The Balaban J connectivity index is 2.83. The van der Waals surface area contributed by atoms with E-state index in [1.165, 1.54) is 51.4 Å². The van der Waals surface area contributed by atoms with Crippen LogP contribution in [0.3, 0.4) is 0 Å². The fourth-order valence-corrected chi connectivity index (χ4v) is 3.79. The van der Waals surface area contributed by atoms with E-state index in [1.54, 1.807) is 6.07 Å². The van der Waals surface area contributed by atoms with E-state index in [-0.39, 0.29) is 5.41 Å². The maximum Gasteiger partial charge on any atom is 0.339 e. The fourth-order valence-electron chi connectivity index (χ4n) is 3.79. The predicted molar refractivity (Wildman–Crippen MR) is 137 cm³/mol. The van der Waals surface area contributed by atoms with Gasteiger partial charge in [-0.2, -0.15) is 0 Å². The van der Waals surface area contributed by atoms with Crippen molar-refractivity contribution in [3.05, 3.63) is 34.9 Å². The normalized spacial score (nSPS) is 11.4. The zero-order chi connectivity index (χ0) is 24.5. The van der Waals surface area contributed by atoms with Crippen LogP contribution in [0.15, 0.2) is 18.2 Å². The zero-order valence-corrected chi connectivity index (χ0v) is 22.0. The molecule has 1 aromatic rings. The van der Waals surface area contributed by atoms with Crippen molar-refractivity contribution in [1.82, 2.24) is 0 Å². The smallest absolute Gasteiger partial charge is 0.339 e. The standard InChI is InChI=1S/C29H48O4/c1-6-8-10-12-14-16-19-24-20-18-21-25(27(30)33-23-29(3,4)5)26(24)28(31)32-22-17-15-13-11-9-7-2/h18,20-21H,6-17,19,22-23H2,1-5H3. The molecule has 1 aromatic carbocycles. The van der Waals surface area contributed by atoms with Crippen molar-refractivity contribution in [2.75, 3.05) is 13.2 Å². The van der Waals surface area contributed by atoms with Gasteiger partial charge in [0.2, 0.25) is 0 Å². The van der Waals surface area contributed by atoms with Gasteiger partial charge in [-0.3, -0.25) is 0 Å². The number of rotatable bonds is 17. The van der Waals surface area contributed by atoms with Crippen LogP contribution in [0.2, 0.25) is 0 Å². The summed E-state index contributed by atoms with van der Waals surface area (Å²) in [5.74, 6) is -0.839. The van der Waals surface area contributed by atoms with Crippen molar-refractivity contribution >= 4 is 11.9 Å². The second-order valence-electron chi connectivity index (χ2n) is 10.4. The summed E-state index contributed by atoms with van der Waals surface area (Å²) in [7, 11) is 0. The Hall–Kier alpha value is -1.84. The summed E-state index contributed by atoms with van der Waals surface area (Å²) in [6.45, 7) is 11.2. The van der Waals surface area contributed by atoms with Crippen LogP contribution in [-0.4, -0.2) is 25.2 Å². The van der Waals surface area contributed by atoms with E-state index >= 15 is 0 Å². The topological polar surface area (TPSA) is 52.6 Å². The summed E-state index contributed by atoms with van der Waals surface area (Å²) in [6, 6.07) is 5.50. The molecular weight excluding hydrogens is 412 g/mol. The second-order valence-corrected chi connectivity index (χ2v) is 10.4. The van der Waals surface area contributed by atoms with Crippen molar-refractivity contribution in [2.24, 2.45) is 5.41 Å². The highest BCUT2D eigenvalue weighted by Gasteiger charge is 2.24. The molecule has 0 atom stereocenters. The highest BCUT2D eigenvalue weighted by Crippen LogP contribution is 2.22. The molecule has 0 N–H and O–H groups in total. The number of benzene rings is 1. The molecule has 0 aliphatic rings. The maximum absolute atomic E-state index is 13.1. The number of esters is 2. The lowest BCUT2D eigenvalue weighted by molar-refractivity contribution is 0.0352. The highest BCUT2D eigenvalue weighted by molar-refractivity contribution is 6.04. The first-order valence-corrected chi connectivity index (χ1v) is 13.3. The van der Waals surface area contributed by atoms with E-state index in [4.69, 9.17) is 9.47 Å².